The molecule has 0 bridgehead atoms. The molecular formula is C105H84Cl4F7N9O8S4. The number of thiocarbonyl (C=S) groups is 4. The van der Waals surface area contributed by atoms with Crippen LogP contribution >= 0.6 is 95.3 Å². The minimum Gasteiger partial charge on any atom is -0.492 e. The number of carbonyl (C=O) groups is 1. The van der Waals surface area contributed by atoms with Crippen LogP contribution in [0.1, 0.15) is 107 Å². The largest absolute Gasteiger partial charge is 0.492 e. The first-order valence-corrected chi connectivity index (χ1v) is 47.0. The molecule has 1 saturated heterocycles. The number of morpholine rings is 1. The van der Waals surface area contributed by atoms with Gasteiger partial charge in [0, 0.05) is 132 Å². The van der Waals surface area contributed by atoms with Gasteiger partial charge in [0.05, 0.1) is 55.6 Å². The summed E-state index contributed by atoms with van der Waals surface area (Å²) in [4.78, 5) is 36.4. The molecule has 9 heterocycles. The first-order valence-electron chi connectivity index (χ1n) is 43.9. The fraction of sp³-hybridized carbons (Fsp3) is 0.190. The summed E-state index contributed by atoms with van der Waals surface area (Å²) in [5.41, 5.74) is 16.0. The van der Waals surface area contributed by atoms with Crippen LogP contribution in [-0.4, -0.2) is 144 Å². The number of methoxy groups -OCH3 is 1. The van der Waals surface area contributed by atoms with Gasteiger partial charge in [-0.2, -0.15) is 13.2 Å². The Labute approximate surface area is 824 Å². The Hall–Kier alpha value is -12.6. The zero-order valence-electron chi connectivity index (χ0n) is 73.0. The Balaban J connectivity index is 0.000000122. The Bertz CT molecular complexity index is 7130. The van der Waals surface area contributed by atoms with Gasteiger partial charge in [-0.3, -0.25) is 4.90 Å². The van der Waals surface area contributed by atoms with E-state index in [4.69, 9.17) is 128 Å². The van der Waals surface area contributed by atoms with Crippen molar-refractivity contribution in [1.29, 1.82) is 0 Å². The van der Waals surface area contributed by atoms with Crippen LogP contribution in [0.25, 0.3) is 43.6 Å². The number of carbonyl (C=O) groups excluding carboxylic acids is 1. The molecule has 4 N–H and O–H groups in total. The van der Waals surface area contributed by atoms with Gasteiger partial charge in [-0.25, -0.2) is 22.4 Å². The average Bonchev–Trinajstić information content (AvgIpc) is 1.66. The Morgan fingerprint density at radius 3 is 0.956 bits per heavy atom. The third-order valence-corrected chi connectivity index (χ3v) is 26.9. The van der Waals surface area contributed by atoms with Crippen molar-refractivity contribution in [2.75, 3.05) is 72.7 Å². The molecule has 0 saturated carbocycles. The number of hydrogen-bond donors (Lipinski definition) is 4. The Morgan fingerprint density at radius 2 is 0.657 bits per heavy atom. The molecule has 698 valence electrons. The lowest BCUT2D eigenvalue weighted by Gasteiger charge is -2.37. The van der Waals surface area contributed by atoms with Crippen molar-refractivity contribution < 1.29 is 68.7 Å². The van der Waals surface area contributed by atoms with Crippen molar-refractivity contribution in [2.45, 2.75) is 56.0 Å². The second-order valence-electron chi connectivity index (χ2n) is 33.0. The number of aromatic nitrogens is 4. The van der Waals surface area contributed by atoms with E-state index in [1.165, 1.54) is 96.6 Å². The monoisotopic (exact) mass is 2000 g/mol. The summed E-state index contributed by atoms with van der Waals surface area (Å²) in [6, 6.07) is 75.7. The van der Waals surface area contributed by atoms with Gasteiger partial charge in [-0.15, -0.1) is 0 Å². The summed E-state index contributed by atoms with van der Waals surface area (Å²) in [5, 5.41) is 8.10. The molecule has 16 aromatic rings. The maximum Gasteiger partial charge on any atom is 0.416 e. The molecule has 17 nitrogen and oxygen atoms in total. The van der Waals surface area contributed by atoms with Crippen LogP contribution in [0.5, 0.6) is 28.7 Å². The summed E-state index contributed by atoms with van der Waals surface area (Å²) in [7, 11) is 1.35. The second-order valence-corrected chi connectivity index (χ2v) is 36.2. The van der Waals surface area contributed by atoms with Gasteiger partial charge >= 0.3 is 12.1 Å². The van der Waals surface area contributed by atoms with E-state index in [9.17, 15) is 35.5 Å². The van der Waals surface area contributed by atoms with Gasteiger partial charge in [0.2, 0.25) is 0 Å². The molecule has 5 aliphatic rings. The number of nitrogens with one attached hydrogen (secondary N) is 4. The molecular weight excluding hydrogens is 1920 g/mol. The molecule has 0 aliphatic carbocycles. The topological polar surface area (TPSA) is 161 Å². The van der Waals surface area contributed by atoms with Crippen molar-refractivity contribution in [3.8, 4) is 28.7 Å². The number of benzene rings is 12. The third kappa shape index (κ3) is 21.4. The number of hydrogen-bond acceptors (Lipinski definition) is 13. The molecule has 4 atom stereocenters. The van der Waals surface area contributed by atoms with Gasteiger partial charge in [-0.05, 0) is 325 Å². The number of halogens is 11. The Kier molecular flexibility index (Phi) is 28.9. The third-order valence-electron chi connectivity index (χ3n) is 24.7. The normalized spacial score (nSPS) is 16.2. The molecule has 4 aromatic heterocycles. The lowest BCUT2D eigenvalue weighted by Crippen LogP contribution is -2.42. The lowest BCUT2D eigenvalue weighted by molar-refractivity contribution is -0.137. The van der Waals surface area contributed by atoms with Crippen LogP contribution in [0, 0.1) is 23.3 Å². The first-order chi connectivity index (χ1) is 66.3. The van der Waals surface area contributed by atoms with E-state index in [-0.39, 0.29) is 45.9 Å². The summed E-state index contributed by atoms with van der Waals surface area (Å²) >= 11 is 47.8. The highest BCUT2D eigenvalue weighted by atomic mass is 35.5. The van der Waals surface area contributed by atoms with Gasteiger partial charge < -0.3 is 72.7 Å². The number of nitrogens with zero attached hydrogens (tertiary/aromatic N) is 5. The minimum atomic E-state index is -4.44. The smallest absolute Gasteiger partial charge is 0.416 e. The number of H-pyrrole nitrogens is 4. The quantitative estimate of drug-likeness (QED) is 0.0490. The fourth-order valence-electron chi connectivity index (χ4n) is 18.1. The lowest BCUT2D eigenvalue weighted by atomic mass is 9.92. The number of rotatable bonds is 13. The number of alkyl halides is 3. The predicted octanol–water partition coefficient (Wildman–Crippen LogP) is 25.6. The van der Waals surface area contributed by atoms with Crippen molar-refractivity contribution in [1.82, 2.24) is 44.4 Å². The van der Waals surface area contributed by atoms with Crippen LogP contribution in [0.2, 0.25) is 20.1 Å². The van der Waals surface area contributed by atoms with E-state index >= 15 is 0 Å². The van der Waals surface area contributed by atoms with Crippen molar-refractivity contribution in [3.63, 3.8) is 0 Å². The zero-order valence-corrected chi connectivity index (χ0v) is 79.3. The standard InChI is InChI=1S/C30H29ClFN3O3S.C26H20ClFN2O3S.C25H17ClF4N2OS.C24H18ClFN2OS/c31-21-3-10-27-26(19-21)25-11-12-35(30(39)38-24-8-4-22(32)5-9-24)29(28(25)33-27)20-1-6-23(7-2-20)37-18-15-34-13-16-36-17-14-34;1-32-25(31)16-4-2-15(3-5-16)24-23-20(21-14-17(27)6-11-22(21)29-23)12-13-30(24)26(34)33-19-9-7-18(28)8-10-19;26-16-5-10-21-20(13-16)19-11-12-32(24(34)33-18-8-6-17(27)7-9-18)23(22(19)31-21)14-1-3-15(4-2-14)25(28,29)30;25-16-6-11-21-20(14-16)19-12-13-28(24(30)29-18-9-7-17(26)8-10-18)23(22(19)27-21)15-4-2-1-3-5-15/h1-10,19,29,33H,11-18H2;2-11,14,24,29H,12-13H2,1H3;1-10,13,23,31H,11-12H2;1-11,14,23,27H,12-13H2. The minimum absolute atomic E-state index is 0.117. The molecule has 5 aliphatic heterocycles. The van der Waals surface area contributed by atoms with Crippen LogP contribution in [0.3, 0.4) is 0 Å². The zero-order chi connectivity index (χ0) is 95.3. The number of fused-ring (bicyclic) bond motifs is 12. The predicted molar refractivity (Wildman–Crippen MR) is 536 cm³/mol. The molecule has 12 aromatic carbocycles. The van der Waals surface area contributed by atoms with Crippen molar-refractivity contribution in [2.24, 2.45) is 0 Å². The van der Waals surface area contributed by atoms with E-state index < -0.39 is 29.6 Å². The summed E-state index contributed by atoms with van der Waals surface area (Å²) < 4.78 is 133. The number of ether oxygens (including phenoxy) is 7. The molecule has 4 unspecified atom stereocenters. The number of aromatic amines is 4. The SMILES string of the molecule is COC(=O)c1ccc(C2c3[nH]c4ccc(Cl)cc4c3CCN2C(=S)Oc2ccc(F)cc2)cc1.Fc1ccc(OC(=S)N2CCc3c([nH]c4ccc(Cl)cc34)C2c2ccc(C(F)(F)F)cc2)cc1.Fc1ccc(OC(=S)N2CCc3c([nH]c4ccc(Cl)cc34)C2c2ccc(OCCN3CCOCC3)cc2)cc1.Fc1ccc(OC(=S)N2CCc3c([nH]c4ccc(Cl)cc34)C2c2ccccc2)cc1. The first kappa shape index (κ1) is 94.8. The van der Waals surface area contributed by atoms with Gasteiger partial charge in [0.25, 0.3) is 20.7 Å². The molecule has 21 rings (SSSR count). The highest BCUT2D eigenvalue weighted by molar-refractivity contribution is 7.80. The van der Waals surface area contributed by atoms with E-state index in [0.29, 0.717) is 98.7 Å². The maximum atomic E-state index is 13.4. The summed E-state index contributed by atoms with van der Waals surface area (Å²) in [6.07, 6.45) is -1.48. The van der Waals surface area contributed by atoms with E-state index in [2.05, 4.69) is 58.9 Å². The van der Waals surface area contributed by atoms with E-state index in [1.54, 1.807) is 54.6 Å². The average molecular weight is 2000 g/mol. The molecule has 32 heteroatoms. The summed E-state index contributed by atoms with van der Waals surface area (Å²) in [6.45, 7) is 7.38. The highest BCUT2D eigenvalue weighted by Crippen LogP contribution is 2.47. The number of esters is 1. The molecule has 0 amide bonds. The highest BCUT2D eigenvalue weighted by Gasteiger charge is 2.41. The van der Waals surface area contributed by atoms with Crippen molar-refractivity contribution >= 4 is 166 Å². The van der Waals surface area contributed by atoms with Crippen LogP contribution in [0.15, 0.2) is 273 Å². The molecule has 1 fully saturated rings. The van der Waals surface area contributed by atoms with E-state index in [1.807, 2.05) is 119 Å². The van der Waals surface area contributed by atoms with E-state index in [0.717, 1.165) is 164 Å². The Morgan fingerprint density at radius 1 is 0.372 bits per heavy atom. The van der Waals surface area contributed by atoms with Crippen LogP contribution in [-0.2, 0) is 41.3 Å². The molecule has 137 heavy (non-hydrogen) atoms. The van der Waals surface area contributed by atoms with Crippen LogP contribution < -0.4 is 23.7 Å². The van der Waals surface area contributed by atoms with Crippen LogP contribution in [0.4, 0.5) is 30.7 Å². The van der Waals surface area contributed by atoms with Gasteiger partial charge in [-0.1, -0.05) is 113 Å². The van der Waals surface area contributed by atoms with Crippen molar-refractivity contribution in [3.05, 3.63) is 395 Å². The van der Waals surface area contributed by atoms with Gasteiger partial charge in [0.15, 0.2) is 0 Å². The molecule has 0 spiro atoms. The summed E-state index contributed by atoms with van der Waals surface area (Å²) in [5.74, 6) is 0.883. The second kappa shape index (κ2) is 41.8. The maximum absolute atomic E-state index is 13.4. The fourth-order valence-corrected chi connectivity index (χ4v) is 20.0. The van der Waals surface area contributed by atoms with Gasteiger partial charge in [0.1, 0.15) is 58.6 Å². The molecule has 0 radical (unpaired) electrons.